The molecule has 0 radical (unpaired) electrons. The topological polar surface area (TPSA) is 87.7 Å². The Kier molecular flexibility index (Phi) is 6.76. The molecule has 10 heteroatoms. The van der Waals surface area contributed by atoms with Gasteiger partial charge in [0, 0.05) is 18.0 Å². The van der Waals surface area contributed by atoms with Gasteiger partial charge in [0.2, 0.25) is 0 Å². The summed E-state index contributed by atoms with van der Waals surface area (Å²) in [5, 5.41) is 6.14. The summed E-state index contributed by atoms with van der Waals surface area (Å²) >= 11 is 9.23. The summed E-state index contributed by atoms with van der Waals surface area (Å²) in [6.45, 7) is 0.871. The molecule has 0 unspecified atom stereocenters. The number of rotatable bonds is 5. The summed E-state index contributed by atoms with van der Waals surface area (Å²) in [7, 11) is 0. The zero-order valence-electron chi connectivity index (χ0n) is 17.0. The van der Waals surface area contributed by atoms with Crippen molar-refractivity contribution < 1.29 is 19.1 Å². The van der Waals surface area contributed by atoms with Crippen molar-refractivity contribution in [2.24, 2.45) is 0 Å². The number of ether oxygens (including phenoxy) is 1. The van der Waals surface area contributed by atoms with Gasteiger partial charge in [-0.3, -0.25) is 14.4 Å². The normalized spacial score (nSPS) is 20.6. The molecule has 0 bridgehead atoms. The number of terminal acetylenes is 1. The number of halogens is 1. The number of benzene rings is 1. The molecular weight excluding hydrogens is 470 g/mol. The van der Waals surface area contributed by atoms with Crippen molar-refractivity contribution in [3.05, 3.63) is 45.1 Å². The van der Waals surface area contributed by atoms with E-state index in [-0.39, 0.29) is 24.3 Å². The van der Waals surface area contributed by atoms with Gasteiger partial charge in [-0.15, -0.1) is 17.8 Å². The number of anilines is 2. The third-order valence-electron chi connectivity index (χ3n) is 5.26. The molecule has 4 rings (SSSR count). The first kappa shape index (κ1) is 22.7. The number of hydrogen-bond donors (Lipinski definition) is 2. The van der Waals surface area contributed by atoms with Crippen molar-refractivity contribution in [3.63, 3.8) is 0 Å². The minimum atomic E-state index is -1.03. The van der Waals surface area contributed by atoms with Crippen LogP contribution in [0.3, 0.4) is 0 Å². The molecule has 0 spiro atoms. The number of thiophene rings is 1. The number of amides is 3. The maximum Gasteiger partial charge on any atom is 0.262 e. The summed E-state index contributed by atoms with van der Waals surface area (Å²) in [4.78, 5) is 40.8. The Morgan fingerprint density at radius 1 is 1.28 bits per heavy atom. The lowest BCUT2D eigenvalue weighted by Gasteiger charge is -2.29. The van der Waals surface area contributed by atoms with Crippen LogP contribution in [0.5, 0.6) is 0 Å². The monoisotopic (exact) mass is 489 g/mol. The number of morpholine rings is 1. The molecule has 2 aromatic rings. The van der Waals surface area contributed by atoms with Crippen LogP contribution < -0.4 is 15.5 Å². The van der Waals surface area contributed by atoms with Crippen LogP contribution in [0.25, 0.3) is 0 Å². The predicted octanol–water partition coefficient (Wildman–Crippen LogP) is 2.99. The number of carbonyl (C=O) groups is 3. The van der Waals surface area contributed by atoms with Crippen molar-refractivity contribution >= 4 is 63.8 Å². The van der Waals surface area contributed by atoms with Crippen LogP contribution in [-0.4, -0.2) is 54.5 Å². The Labute approximate surface area is 198 Å². The van der Waals surface area contributed by atoms with Gasteiger partial charge in [-0.1, -0.05) is 17.5 Å². The van der Waals surface area contributed by atoms with Gasteiger partial charge in [0.25, 0.3) is 17.7 Å². The lowest BCUT2D eigenvalue weighted by molar-refractivity contribution is -0.125. The van der Waals surface area contributed by atoms with E-state index in [4.69, 9.17) is 22.8 Å². The van der Waals surface area contributed by atoms with Crippen molar-refractivity contribution in [1.82, 2.24) is 5.32 Å². The fourth-order valence-corrected chi connectivity index (χ4v) is 5.87. The van der Waals surface area contributed by atoms with E-state index in [1.54, 1.807) is 47.0 Å². The Balaban J connectivity index is 1.49. The molecule has 7 nitrogen and oxygen atoms in total. The van der Waals surface area contributed by atoms with Crippen molar-refractivity contribution in [3.8, 4) is 12.3 Å². The van der Waals surface area contributed by atoms with E-state index in [1.807, 2.05) is 0 Å². The number of thioether (sulfide) groups is 1. The lowest BCUT2D eigenvalue weighted by Crippen LogP contribution is -2.57. The molecule has 166 valence electrons. The fraction of sp³-hybridized carbons (Fsp3) is 0.318. The molecule has 1 aromatic carbocycles. The van der Waals surface area contributed by atoms with E-state index in [9.17, 15) is 14.4 Å². The fourth-order valence-electron chi connectivity index (χ4n) is 3.54. The molecule has 1 aromatic heterocycles. The standard InChI is InChI=1S/C22H20ClN3O4S2/c1-2-15-4-6-18(32-15)20(28)25-22(7-10-31-13-22)21(29)24-14-3-5-17(16(23)11-14)26-8-9-30-12-19(26)27/h1,3-6,11H,7-10,12-13H2,(H,24,29)(H,25,28)/t22-/m0/s1. The molecule has 2 aliphatic heterocycles. The quantitative estimate of drug-likeness (QED) is 0.630. The first-order chi connectivity index (χ1) is 15.4. The van der Waals surface area contributed by atoms with Crippen molar-refractivity contribution in [2.45, 2.75) is 12.0 Å². The molecule has 2 N–H and O–H groups in total. The lowest BCUT2D eigenvalue weighted by atomic mass is 9.97. The number of nitrogens with one attached hydrogen (secondary N) is 2. The Morgan fingerprint density at radius 3 is 2.78 bits per heavy atom. The van der Waals surface area contributed by atoms with Gasteiger partial charge in [0.05, 0.1) is 27.1 Å². The second kappa shape index (κ2) is 9.55. The molecule has 0 aliphatic carbocycles. The summed E-state index contributed by atoms with van der Waals surface area (Å²) in [6.07, 6.45) is 5.90. The van der Waals surface area contributed by atoms with Crippen molar-refractivity contribution in [1.29, 1.82) is 0 Å². The third-order valence-corrected chi connectivity index (χ3v) is 7.77. The Hall–Kier alpha value is -2.51. The zero-order valence-corrected chi connectivity index (χ0v) is 19.4. The first-order valence-corrected chi connectivity index (χ1v) is 12.2. The number of carbonyl (C=O) groups excluding carboxylic acids is 3. The van der Waals surface area contributed by atoms with E-state index in [0.717, 1.165) is 5.75 Å². The van der Waals surface area contributed by atoms with Gasteiger partial charge >= 0.3 is 0 Å². The molecule has 0 saturated carbocycles. The third kappa shape index (κ3) is 4.64. The van der Waals surface area contributed by atoms with E-state index < -0.39 is 5.54 Å². The number of hydrogen-bond acceptors (Lipinski definition) is 6. The van der Waals surface area contributed by atoms with Crippen LogP contribution in [0.4, 0.5) is 11.4 Å². The summed E-state index contributed by atoms with van der Waals surface area (Å²) in [6, 6.07) is 8.36. The minimum Gasteiger partial charge on any atom is -0.370 e. The van der Waals surface area contributed by atoms with E-state index >= 15 is 0 Å². The molecule has 1 atom stereocenters. The van der Waals surface area contributed by atoms with E-state index in [2.05, 4.69) is 16.6 Å². The highest BCUT2D eigenvalue weighted by Crippen LogP contribution is 2.33. The van der Waals surface area contributed by atoms with Crippen LogP contribution in [0.2, 0.25) is 5.02 Å². The Morgan fingerprint density at radius 2 is 2.12 bits per heavy atom. The van der Waals surface area contributed by atoms with Gasteiger partial charge in [0.1, 0.15) is 12.1 Å². The van der Waals surface area contributed by atoms with Crippen LogP contribution in [0.1, 0.15) is 21.0 Å². The highest BCUT2D eigenvalue weighted by Gasteiger charge is 2.43. The second-order valence-electron chi connectivity index (χ2n) is 7.37. The summed E-state index contributed by atoms with van der Waals surface area (Å²) in [5.74, 6) is 2.93. The average Bonchev–Trinajstić information content (AvgIpc) is 3.45. The van der Waals surface area contributed by atoms with Gasteiger partial charge < -0.3 is 20.3 Å². The first-order valence-electron chi connectivity index (χ1n) is 9.88. The second-order valence-corrected chi connectivity index (χ2v) is 9.96. The maximum atomic E-state index is 13.2. The number of nitrogens with zero attached hydrogens (tertiary/aromatic N) is 1. The van der Waals surface area contributed by atoms with E-state index in [0.29, 0.717) is 51.5 Å². The largest absolute Gasteiger partial charge is 0.370 e. The van der Waals surface area contributed by atoms with Gasteiger partial charge in [0.15, 0.2) is 0 Å². The highest BCUT2D eigenvalue weighted by atomic mass is 35.5. The van der Waals surface area contributed by atoms with Gasteiger partial charge in [-0.2, -0.15) is 11.8 Å². The molecular formula is C22H20ClN3O4S2. The summed E-state index contributed by atoms with van der Waals surface area (Å²) in [5.41, 5.74) is 0.0213. The molecule has 2 aliphatic rings. The van der Waals surface area contributed by atoms with Crippen LogP contribution in [0.15, 0.2) is 30.3 Å². The smallest absolute Gasteiger partial charge is 0.262 e. The van der Waals surface area contributed by atoms with E-state index in [1.165, 1.54) is 11.3 Å². The molecule has 3 heterocycles. The summed E-state index contributed by atoms with van der Waals surface area (Å²) < 4.78 is 5.15. The average molecular weight is 490 g/mol. The zero-order chi connectivity index (χ0) is 22.7. The van der Waals surface area contributed by atoms with Crippen LogP contribution >= 0.6 is 34.7 Å². The van der Waals surface area contributed by atoms with Crippen LogP contribution in [-0.2, 0) is 14.3 Å². The SMILES string of the molecule is C#Cc1ccc(C(=O)N[C@@]2(C(=O)Nc3ccc(N4CCOCC4=O)c(Cl)c3)CCSC2)s1. The molecule has 2 fully saturated rings. The minimum absolute atomic E-state index is 0.0157. The van der Waals surface area contributed by atoms with Crippen LogP contribution in [0, 0.1) is 12.3 Å². The van der Waals surface area contributed by atoms with Gasteiger partial charge in [-0.05, 0) is 42.5 Å². The van der Waals surface area contributed by atoms with Gasteiger partial charge in [-0.25, -0.2) is 0 Å². The highest BCUT2D eigenvalue weighted by molar-refractivity contribution is 7.99. The molecule has 32 heavy (non-hydrogen) atoms. The maximum absolute atomic E-state index is 13.2. The Bertz CT molecular complexity index is 1100. The molecule has 3 amide bonds. The predicted molar refractivity (Wildman–Crippen MR) is 128 cm³/mol. The molecule has 2 saturated heterocycles. The van der Waals surface area contributed by atoms with Crippen molar-refractivity contribution in [2.75, 3.05) is 41.5 Å².